The summed E-state index contributed by atoms with van der Waals surface area (Å²) in [6.07, 6.45) is 2.59. The van der Waals surface area contributed by atoms with Gasteiger partial charge >= 0.3 is 0 Å². The minimum atomic E-state index is -0.315. The first kappa shape index (κ1) is 18.8. The molecule has 1 aliphatic carbocycles. The lowest BCUT2D eigenvalue weighted by Gasteiger charge is -2.23. The molecule has 6 heteroatoms. The van der Waals surface area contributed by atoms with Crippen LogP contribution in [0.15, 0.2) is 54.7 Å². The lowest BCUT2D eigenvalue weighted by molar-refractivity contribution is 0.0962. The summed E-state index contributed by atoms with van der Waals surface area (Å²) in [6, 6.07) is 15.0. The van der Waals surface area contributed by atoms with Gasteiger partial charge in [-0.25, -0.2) is 9.97 Å². The molecule has 0 fully saturated rings. The number of rotatable bonds is 4. The number of fused-ring (bicyclic) bond motifs is 1. The first-order chi connectivity index (χ1) is 14.0. The maximum Gasteiger partial charge on any atom is 0.258 e. The van der Waals surface area contributed by atoms with Gasteiger partial charge in [0, 0.05) is 18.2 Å². The molecule has 1 amide bonds. The monoisotopic (exact) mass is 387 g/mol. The lowest BCUT2D eigenvalue weighted by Crippen LogP contribution is -2.22. The molecule has 1 heterocycles. The predicted octanol–water partition coefficient (Wildman–Crippen LogP) is 3.96. The number of carbonyl (C=O) groups is 2. The number of ketones is 1. The van der Waals surface area contributed by atoms with E-state index in [0.29, 0.717) is 35.4 Å². The molecule has 2 aromatic carbocycles. The van der Waals surface area contributed by atoms with Crippen molar-refractivity contribution in [3.8, 4) is 5.75 Å². The van der Waals surface area contributed by atoms with Crippen LogP contribution in [0, 0.1) is 6.92 Å². The van der Waals surface area contributed by atoms with E-state index < -0.39 is 0 Å². The molecule has 1 atom stereocenters. The van der Waals surface area contributed by atoms with Gasteiger partial charge in [-0.05, 0) is 49.1 Å². The van der Waals surface area contributed by atoms with Gasteiger partial charge in [0.1, 0.15) is 5.75 Å². The molecular weight excluding hydrogens is 366 g/mol. The Morgan fingerprint density at radius 1 is 1.07 bits per heavy atom. The van der Waals surface area contributed by atoms with E-state index in [1.54, 1.807) is 31.4 Å². The molecule has 1 aromatic heterocycles. The highest BCUT2D eigenvalue weighted by atomic mass is 16.5. The molecule has 0 unspecified atom stereocenters. The van der Waals surface area contributed by atoms with Gasteiger partial charge in [-0.2, -0.15) is 0 Å². The van der Waals surface area contributed by atoms with Crippen molar-refractivity contribution in [3.63, 3.8) is 0 Å². The third-order valence-corrected chi connectivity index (χ3v) is 5.17. The highest BCUT2D eigenvalue weighted by molar-refractivity contribution is 6.03. The molecule has 3 aromatic rings. The number of benzene rings is 2. The molecular formula is C23H21N3O3. The number of anilines is 1. The van der Waals surface area contributed by atoms with Gasteiger partial charge in [0.15, 0.2) is 5.78 Å². The second kappa shape index (κ2) is 7.83. The quantitative estimate of drug-likeness (QED) is 0.733. The Kier molecular flexibility index (Phi) is 5.08. The van der Waals surface area contributed by atoms with E-state index in [-0.39, 0.29) is 23.6 Å². The maximum absolute atomic E-state index is 12.6. The van der Waals surface area contributed by atoms with Crippen LogP contribution in [0.25, 0.3) is 0 Å². The van der Waals surface area contributed by atoms with Crippen LogP contribution < -0.4 is 10.1 Å². The van der Waals surface area contributed by atoms with E-state index in [9.17, 15) is 9.59 Å². The third kappa shape index (κ3) is 4.01. The van der Waals surface area contributed by atoms with Gasteiger partial charge in [0.2, 0.25) is 5.95 Å². The fraction of sp³-hybridized carbons (Fsp3) is 0.217. The van der Waals surface area contributed by atoms with E-state index in [1.165, 1.54) is 11.8 Å². The molecule has 0 saturated carbocycles. The number of methoxy groups -OCH3 is 1. The Labute approximate surface area is 169 Å². The van der Waals surface area contributed by atoms with Gasteiger partial charge in [-0.3, -0.25) is 14.9 Å². The van der Waals surface area contributed by atoms with Crippen molar-refractivity contribution in [2.75, 3.05) is 12.4 Å². The Hall–Kier alpha value is -3.54. The molecule has 0 bridgehead atoms. The number of ether oxygens (including phenoxy) is 1. The Bertz CT molecular complexity index is 1060. The number of aryl methyl sites for hydroxylation is 1. The zero-order chi connectivity index (χ0) is 20.4. The second-order valence-corrected chi connectivity index (χ2v) is 7.18. The zero-order valence-electron chi connectivity index (χ0n) is 16.3. The minimum Gasteiger partial charge on any atom is -0.497 e. The van der Waals surface area contributed by atoms with Crippen LogP contribution in [0.4, 0.5) is 5.95 Å². The highest BCUT2D eigenvalue weighted by Gasteiger charge is 2.28. The summed E-state index contributed by atoms with van der Waals surface area (Å²) in [5, 5.41) is 2.71. The summed E-state index contributed by atoms with van der Waals surface area (Å²) >= 11 is 0. The van der Waals surface area contributed by atoms with Crippen molar-refractivity contribution in [3.05, 3.63) is 82.7 Å². The topological polar surface area (TPSA) is 81.2 Å². The van der Waals surface area contributed by atoms with E-state index in [2.05, 4.69) is 39.6 Å². The van der Waals surface area contributed by atoms with Gasteiger partial charge in [0.05, 0.1) is 18.4 Å². The van der Waals surface area contributed by atoms with Crippen LogP contribution in [0.5, 0.6) is 5.75 Å². The van der Waals surface area contributed by atoms with Gasteiger partial charge < -0.3 is 4.74 Å². The van der Waals surface area contributed by atoms with Crippen LogP contribution >= 0.6 is 0 Å². The normalized spacial score (nSPS) is 15.5. The molecule has 1 aliphatic rings. The smallest absolute Gasteiger partial charge is 0.258 e. The third-order valence-electron chi connectivity index (χ3n) is 5.17. The fourth-order valence-corrected chi connectivity index (χ4v) is 3.50. The minimum absolute atomic E-state index is 0.0323. The van der Waals surface area contributed by atoms with Crippen molar-refractivity contribution < 1.29 is 14.3 Å². The number of amides is 1. The van der Waals surface area contributed by atoms with Crippen molar-refractivity contribution in [1.29, 1.82) is 0 Å². The van der Waals surface area contributed by atoms with Crippen molar-refractivity contribution in [2.45, 2.75) is 25.7 Å². The molecule has 0 aliphatic heterocycles. The molecule has 6 nitrogen and oxygen atoms in total. The summed E-state index contributed by atoms with van der Waals surface area (Å²) in [5.41, 5.74) is 3.99. The summed E-state index contributed by atoms with van der Waals surface area (Å²) in [6.45, 7) is 2.04. The Morgan fingerprint density at radius 2 is 1.79 bits per heavy atom. The molecule has 4 rings (SSSR count). The van der Waals surface area contributed by atoms with Crippen LogP contribution in [0.2, 0.25) is 0 Å². The van der Waals surface area contributed by atoms with Crippen LogP contribution in [0.3, 0.4) is 0 Å². The van der Waals surface area contributed by atoms with Crippen LogP contribution in [-0.4, -0.2) is 28.8 Å². The average Bonchev–Trinajstić information content (AvgIpc) is 2.74. The second-order valence-electron chi connectivity index (χ2n) is 7.18. The number of Topliss-reactive ketones (excluding diaryl/α,β-unsaturated/α-hetero) is 1. The number of nitrogens with one attached hydrogen (secondary N) is 1. The SMILES string of the molecule is COc1ccc(C(=O)Nc2ncc3c(n2)C[C@@H](c2ccc(C)cc2)CC3=O)cc1. The van der Waals surface area contributed by atoms with E-state index in [1.807, 2.05) is 6.92 Å². The average molecular weight is 387 g/mol. The zero-order valence-corrected chi connectivity index (χ0v) is 16.3. The number of hydrogen-bond donors (Lipinski definition) is 1. The number of aromatic nitrogens is 2. The largest absolute Gasteiger partial charge is 0.497 e. The molecule has 0 spiro atoms. The highest BCUT2D eigenvalue weighted by Crippen LogP contribution is 2.32. The Morgan fingerprint density at radius 3 is 2.48 bits per heavy atom. The molecule has 29 heavy (non-hydrogen) atoms. The van der Waals surface area contributed by atoms with Crippen LogP contribution in [-0.2, 0) is 6.42 Å². The molecule has 0 radical (unpaired) electrons. The number of carbonyl (C=O) groups excluding carboxylic acids is 2. The summed E-state index contributed by atoms with van der Waals surface area (Å²) in [4.78, 5) is 33.7. The maximum atomic E-state index is 12.6. The van der Waals surface area contributed by atoms with Gasteiger partial charge in [-0.1, -0.05) is 29.8 Å². The summed E-state index contributed by atoms with van der Waals surface area (Å²) in [5.74, 6) is 0.666. The van der Waals surface area contributed by atoms with Crippen molar-refractivity contribution in [1.82, 2.24) is 9.97 Å². The molecule has 0 saturated heterocycles. The van der Waals surface area contributed by atoms with Crippen LogP contribution in [0.1, 0.15) is 49.9 Å². The lowest BCUT2D eigenvalue weighted by atomic mass is 9.82. The van der Waals surface area contributed by atoms with E-state index in [4.69, 9.17) is 4.74 Å². The number of nitrogens with zero attached hydrogens (tertiary/aromatic N) is 2. The standard InChI is InChI=1S/C23H21N3O3/c1-14-3-5-15(6-4-14)17-11-20-19(21(27)12-17)13-24-23(25-20)26-22(28)16-7-9-18(29-2)10-8-16/h3-10,13,17H,11-12H2,1-2H3,(H,24,25,26,28)/t17-/m1/s1. The Balaban J connectivity index is 1.54. The summed E-state index contributed by atoms with van der Waals surface area (Å²) in [7, 11) is 1.57. The fourth-order valence-electron chi connectivity index (χ4n) is 3.50. The van der Waals surface area contributed by atoms with Crippen molar-refractivity contribution in [2.24, 2.45) is 0 Å². The predicted molar refractivity (Wildman–Crippen MR) is 110 cm³/mol. The summed E-state index contributed by atoms with van der Waals surface area (Å²) < 4.78 is 5.10. The van der Waals surface area contributed by atoms with E-state index >= 15 is 0 Å². The van der Waals surface area contributed by atoms with E-state index in [0.717, 1.165) is 5.56 Å². The van der Waals surface area contributed by atoms with Gasteiger partial charge in [0.25, 0.3) is 5.91 Å². The van der Waals surface area contributed by atoms with Gasteiger partial charge in [-0.15, -0.1) is 0 Å². The first-order valence-corrected chi connectivity index (χ1v) is 9.44. The first-order valence-electron chi connectivity index (χ1n) is 9.44. The van der Waals surface area contributed by atoms with Crippen molar-refractivity contribution >= 4 is 17.6 Å². The molecule has 146 valence electrons. The molecule has 1 N–H and O–H groups in total. The number of hydrogen-bond acceptors (Lipinski definition) is 5.